The second-order valence-corrected chi connectivity index (χ2v) is 5.28. The summed E-state index contributed by atoms with van der Waals surface area (Å²) in [6, 6.07) is 3.40. The number of nitrogens with zero attached hydrogens (tertiary/aromatic N) is 1. The Bertz CT molecular complexity index is 488. The predicted molar refractivity (Wildman–Crippen MR) is 74.0 cm³/mol. The van der Waals surface area contributed by atoms with E-state index < -0.39 is 5.54 Å². The van der Waals surface area contributed by atoms with Crippen molar-refractivity contribution in [2.75, 3.05) is 14.2 Å². The zero-order valence-corrected chi connectivity index (χ0v) is 12.4. The van der Waals surface area contributed by atoms with Gasteiger partial charge in [0.2, 0.25) is 5.54 Å². The lowest BCUT2D eigenvalue weighted by molar-refractivity contribution is -0.564. The zero-order valence-electron chi connectivity index (χ0n) is 11.7. The van der Waals surface area contributed by atoms with E-state index in [0.717, 1.165) is 5.56 Å². The van der Waals surface area contributed by atoms with Gasteiger partial charge in [-0.1, -0.05) is 18.5 Å². The van der Waals surface area contributed by atoms with Gasteiger partial charge in [-0.3, -0.25) is 10.1 Å². The Kier molecular flexibility index (Phi) is 4.63. The lowest BCUT2D eigenvalue weighted by atomic mass is 9.84. The molecule has 0 aliphatic heterocycles. The SMILES string of the molecule is COc1cc(C(C)C(C)(C)[N+](=O)[O-])cc(Cl)c1OC. The minimum atomic E-state index is -1.09. The average Bonchev–Trinajstić information content (AvgIpc) is 2.36. The van der Waals surface area contributed by atoms with Crippen LogP contribution in [0.4, 0.5) is 0 Å². The number of rotatable bonds is 5. The first kappa shape index (κ1) is 15.6. The topological polar surface area (TPSA) is 61.6 Å². The highest BCUT2D eigenvalue weighted by Gasteiger charge is 2.39. The van der Waals surface area contributed by atoms with Crippen molar-refractivity contribution in [3.8, 4) is 11.5 Å². The van der Waals surface area contributed by atoms with Gasteiger partial charge in [0, 0.05) is 18.8 Å². The number of methoxy groups -OCH3 is 2. The van der Waals surface area contributed by atoms with Gasteiger partial charge in [-0.25, -0.2) is 0 Å². The number of hydrogen-bond acceptors (Lipinski definition) is 4. The van der Waals surface area contributed by atoms with E-state index in [1.165, 1.54) is 14.2 Å². The fourth-order valence-electron chi connectivity index (χ4n) is 1.75. The Labute approximate surface area is 117 Å². The van der Waals surface area contributed by atoms with Crippen molar-refractivity contribution in [1.29, 1.82) is 0 Å². The fourth-order valence-corrected chi connectivity index (χ4v) is 2.05. The van der Waals surface area contributed by atoms with Crippen LogP contribution in [0.2, 0.25) is 5.02 Å². The maximum atomic E-state index is 11.1. The molecule has 1 atom stereocenters. The van der Waals surface area contributed by atoms with Crippen molar-refractivity contribution >= 4 is 11.6 Å². The summed E-state index contributed by atoms with van der Waals surface area (Å²) in [7, 11) is 3.00. The molecule has 0 saturated carbocycles. The van der Waals surface area contributed by atoms with Crippen molar-refractivity contribution in [2.24, 2.45) is 0 Å². The second-order valence-electron chi connectivity index (χ2n) is 4.87. The molecule has 0 amide bonds. The van der Waals surface area contributed by atoms with Crippen LogP contribution in [0.5, 0.6) is 11.5 Å². The summed E-state index contributed by atoms with van der Waals surface area (Å²) in [5.74, 6) is 0.579. The van der Waals surface area contributed by atoms with Gasteiger partial charge in [0.1, 0.15) is 0 Å². The number of halogens is 1. The van der Waals surface area contributed by atoms with E-state index in [9.17, 15) is 10.1 Å². The van der Waals surface area contributed by atoms with Crippen LogP contribution in [0.25, 0.3) is 0 Å². The first-order valence-corrected chi connectivity index (χ1v) is 6.19. The summed E-state index contributed by atoms with van der Waals surface area (Å²) < 4.78 is 10.3. The average molecular weight is 288 g/mol. The summed E-state index contributed by atoms with van der Waals surface area (Å²) in [5, 5.41) is 11.5. The van der Waals surface area contributed by atoms with Crippen molar-refractivity contribution in [1.82, 2.24) is 0 Å². The molecule has 1 unspecified atom stereocenters. The molecule has 0 aromatic heterocycles. The minimum Gasteiger partial charge on any atom is -0.493 e. The van der Waals surface area contributed by atoms with E-state index in [4.69, 9.17) is 21.1 Å². The van der Waals surface area contributed by atoms with Gasteiger partial charge in [-0.2, -0.15) is 0 Å². The van der Waals surface area contributed by atoms with Gasteiger partial charge >= 0.3 is 0 Å². The van der Waals surface area contributed by atoms with Crippen LogP contribution >= 0.6 is 11.6 Å². The maximum Gasteiger partial charge on any atom is 0.223 e. The van der Waals surface area contributed by atoms with E-state index in [-0.39, 0.29) is 10.8 Å². The molecule has 0 N–H and O–H groups in total. The lowest BCUT2D eigenvalue weighted by Crippen LogP contribution is -2.36. The summed E-state index contributed by atoms with van der Waals surface area (Å²) in [6.07, 6.45) is 0. The van der Waals surface area contributed by atoms with Crippen LogP contribution < -0.4 is 9.47 Å². The largest absolute Gasteiger partial charge is 0.493 e. The molecule has 6 heteroatoms. The van der Waals surface area contributed by atoms with E-state index in [1.807, 2.05) is 0 Å². The van der Waals surface area contributed by atoms with Crippen molar-refractivity contribution < 1.29 is 14.4 Å². The number of ether oxygens (including phenoxy) is 2. The van der Waals surface area contributed by atoms with Gasteiger partial charge in [0.15, 0.2) is 11.5 Å². The second kappa shape index (κ2) is 5.65. The highest BCUT2D eigenvalue weighted by atomic mass is 35.5. The monoisotopic (exact) mass is 287 g/mol. The predicted octanol–water partition coefficient (Wildman–Crippen LogP) is 3.52. The van der Waals surface area contributed by atoms with E-state index in [2.05, 4.69) is 0 Å². The highest BCUT2D eigenvalue weighted by Crippen LogP contribution is 2.40. The molecular weight excluding hydrogens is 270 g/mol. The number of hydrogen-bond donors (Lipinski definition) is 0. The molecule has 0 spiro atoms. The maximum absolute atomic E-state index is 11.1. The van der Waals surface area contributed by atoms with Crippen LogP contribution in [0.3, 0.4) is 0 Å². The summed E-state index contributed by atoms with van der Waals surface area (Å²) in [4.78, 5) is 10.8. The van der Waals surface area contributed by atoms with Crippen LogP contribution in [-0.2, 0) is 0 Å². The third-order valence-corrected chi connectivity index (χ3v) is 3.77. The molecule has 19 heavy (non-hydrogen) atoms. The molecule has 0 heterocycles. The zero-order chi connectivity index (χ0) is 14.8. The molecule has 1 rings (SSSR count). The van der Waals surface area contributed by atoms with Gasteiger partial charge in [0.25, 0.3) is 0 Å². The Morgan fingerprint density at radius 1 is 1.32 bits per heavy atom. The minimum absolute atomic E-state index is 0.289. The smallest absolute Gasteiger partial charge is 0.223 e. The molecule has 5 nitrogen and oxygen atoms in total. The third-order valence-electron chi connectivity index (χ3n) is 3.49. The molecule has 0 aliphatic rings. The van der Waals surface area contributed by atoms with E-state index in [0.29, 0.717) is 16.5 Å². The quantitative estimate of drug-likeness (QED) is 0.614. The van der Waals surface area contributed by atoms with Crippen molar-refractivity contribution in [2.45, 2.75) is 32.2 Å². The first-order valence-electron chi connectivity index (χ1n) is 5.81. The van der Waals surface area contributed by atoms with Gasteiger partial charge in [0.05, 0.1) is 25.2 Å². The molecule has 0 saturated heterocycles. The van der Waals surface area contributed by atoms with Gasteiger partial charge in [-0.15, -0.1) is 0 Å². The van der Waals surface area contributed by atoms with Crippen molar-refractivity contribution in [3.63, 3.8) is 0 Å². The molecule has 1 aromatic rings. The Morgan fingerprint density at radius 2 is 1.89 bits per heavy atom. The summed E-state index contributed by atoms with van der Waals surface area (Å²) in [6.45, 7) is 4.96. The lowest BCUT2D eigenvalue weighted by Gasteiger charge is -2.24. The Hall–Kier alpha value is -1.49. The molecule has 0 bridgehead atoms. The molecule has 106 valence electrons. The van der Waals surface area contributed by atoms with Crippen LogP contribution in [0.15, 0.2) is 12.1 Å². The summed E-state index contributed by atoms with van der Waals surface area (Å²) in [5.41, 5.74) is -0.354. The third kappa shape index (κ3) is 2.92. The standard InChI is InChI=1S/C13H18ClNO4/c1-8(13(2,3)15(16)17)9-6-10(14)12(19-5)11(7-9)18-4/h6-8H,1-5H3. The fraction of sp³-hybridized carbons (Fsp3) is 0.538. The van der Waals surface area contributed by atoms with Crippen LogP contribution in [0, 0.1) is 10.1 Å². The van der Waals surface area contributed by atoms with Gasteiger partial charge < -0.3 is 9.47 Å². The Balaban J connectivity index is 3.29. The van der Waals surface area contributed by atoms with E-state index >= 15 is 0 Å². The van der Waals surface area contributed by atoms with Crippen molar-refractivity contribution in [3.05, 3.63) is 32.8 Å². The van der Waals surface area contributed by atoms with Gasteiger partial charge in [-0.05, 0) is 17.7 Å². The molecule has 0 fully saturated rings. The van der Waals surface area contributed by atoms with Crippen LogP contribution in [0.1, 0.15) is 32.3 Å². The van der Waals surface area contributed by atoms with Crippen LogP contribution in [-0.4, -0.2) is 24.7 Å². The van der Waals surface area contributed by atoms with E-state index in [1.54, 1.807) is 32.9 Å². The highest BCUT2D eigenvalue weighted by molar-refractivity contribution is 6.32. The number of nitro groups is 1. The molecule has 0 radical (unpaired) electrons. The number of benzene rings is 1. The first-order chi connectivity index (χ1) is 8.75. The molecule has 0 aliphatic carbocycles. The normalized spacial score (nSPS) is 12.9. The molecular formula is C13H18ClNO4. The molecule has 1 aromatic carbocycles. The Morgan fingerprint density at radius 3 is 2.32 bits per heavy atom. The summed E-state index contributed by atoms with van der Waals surface area (Å²) >= 11 is 6.11.